The zero-order valence-corrected chi connectivity index (χ0v) is 10.5. The Kier molecular flexibility index (Phi) is 0.171. The second-order valence-electron chi connectivity index (χ2n) is 10.6. The SMILES string of the molecule is CC=C([N+](=O)[O-])[C]12[CH]3[CH]4[CH]5[CH]1[Fe]45321678[CH]2[CH]1[CH]6[CH]7[CH]28. The Balaban J connectivity index is 1.66. The predicted octanol–water partition coefficient (Wildman–Crippen LogP) is 3.93. The monoisotopic (exact) mass is 271 g/mol. The first kappa shape index (κ1) is 6.20. The predicted molar refractivity (Wildman–Crippen MR) is 57.2 cm³/mol. The maximum atomic E-state index is 11.5. The van der Waals surface area contributed by atoms with Crippen molar-refractivity contribution in [2.24, 2.45) is 0 Å². The number of allylic oxidation sites excluding steroid dienone is 2. The Morgan fingerprint density at radius 3 is 1.76 bits per heavy atom. The minimum atomic E-state index is -3.23. The summed E-state index contributed by atoms with van der Waals surface area (Å²) >= 11 is 0. The van der Waals surface area contributed by atoms with Crippen molar-refractivity contribution in [2.45, 2.75) is 54.6 Å². The van der Waals surface area contributed by atoms with Crippen molar-refractivity contribution >= 4 is 0 Å². The Hall–Kier alpha value is -0.341. The van der Waals surface area contributed by atoms with Crippen molar-refractivity contribution < 1.29 is 11.4 Å². The first-order valence-electron chi connectivity index (χ1n) is 6.96. The zero-order chi connectivity index (χ0) is 10.9. The van der Waals surface area contributed by atoms with Crippen LogP contribution in [0.2, 0.25) is 47.7 Å². The van der Waals surface area contributed by atoms with Crippen LogP contribution in [0.1, 0.15) is 6.92 Å². The fourth-order valence-electron chi connectivity index (χ4n) is 17.4. The first-order valence-corrected chi connectivity index (χ1v) is 13.3. The number of fused-ring (bicyclic) bond motifs is 10. The molecule has 4 atom stereocenters. The van der Waals surface area contributed by atoms with Gasteiger partial charge >= 0.3 is 87.9 Å². The van der Waals surface area contributed by atoms with E-state index < -0.39 is 6.51 Å². The molecule has 0 aromatic rings. The van der Waals surface area contributed by atoms with Crippen molar-refractivity contribution in [1.29, 1.82) is 0 Å². The molecular formula is C13H13FeNO2. The van der Waals surface area contributed by atoms with Gasteiger partial charge in [0.05, 0.1) is 0 Å². The summed E-state index contributed by atoms with van der Waals surface area (Å²) in [7, 11) is 0. The van der Waals surface area contributed by atoms with Crippen molar-refractivity contribution in [2.75, 3.05) is 0 Å². The molecule has 10 saturated heterocycles. The van der Waals surface area contributed by atoms with E-state index in [0.29, 0.717) is 4.31 Å². The molecule has 10 rings (SSSR count). The van der Waals surface area contributed by atoms with E-state index >= 15 is 0 Å². The maximum absolute atomic E-state index is 11.5. The van der Waals surface area contributed by atoms with E-state index in [1.165, 1.54) is 33.7 Å². The van der Waals surface area contributed by atoms with Crippen LogP contribution in [0.25, 0.3) is 0 Å². The number of nitro groups is 1. The summed E-state index contributed by atoms with van der Waals surface area (Å²) in [5.41, 5.74) is 0.754. The molecule has 0 radical (unpaired) electrons. The summed E-state index contributed by atoms with van der Waals surface area (Å²) in [6.07, 6.45) is 1.92. The van der Waals surface area contributed by atoms with Gasteiger partial charge in [0.2, 0.25) is 0 Å². The molecule has 0 bridgehead atoms. The van der Waals surface area contributed by atoms with Crippen LogP contribution in [-0.4, -0.2) is 4.92 Å². The summed E-state index contributed by atoms with van der Waals surface area (Å²) in [6, 6.07) is 0. The molecule has 0 aliphatic carbocycles. The third-order valence-corrected chi connectivity index (χ3v) is 57.9. The van der Waals surface area contributed by atoms with Crippen LogP contribution in [0.5, 0.6) is 0 Å². The molecule has 0 amide bonds. The third-order valence-electron chi connectivity index (χ3n) is 15.5. The summed E-state index contributed by atoms with van der Waals surface area (Å²) < 4.78 is 0.345. The van der Waals surface area contributed by atoms with Crippen molar-refractivity contribution in [3.05, 3.63) is 21.9 Å². The van der Waals surface area contributed by atoms with Gasteiger partial charge in [0, 0.05) is 0 Å². The van der Waals surface area contributed by atoms with Crippen LogP contribution in [0.3, 0.4) is 0 Å². The fourth-order valence-corrected chi connectivity index (χ4v) is 91.5. The second kappa shape index (κ2) is 0.470. The fraction of sp³-hybridized carbons (Fsp3) is 0.846. The molecule has 1 spiro atoms. The number of hydrogen-bond acceptors (Lipinski definition) is 2. The van der Waals surface area contributed by atoms with E-state index in [4.69, 9.17) is 0 Å². The molecule has 10 fully saturated rings. The molecule has 90 valence electrons. The molecule has 0 saturated carbocycles. The van der Waals surface area contributed by atoms with Gasteiger partial charge in [0.25, 0.3) is 0 Å². The number of hydrogen-bond donors (Lipinski definition) is 0. The standard InChI is InChI=1S/C8H8NO2.C5H5.Fe/c1-2-8(9(10)11)7-5-3-4-6-7;1-2-4-5-3-1;/h2-6H,1H3;1-5H;. The second-order valence-corrected chi connectivity index (χ2v) is 34.2. The third kappa shape index (κ3) is 0.0579. The first-order chi connectivity index (χ1) is 7.94. The van der Waals surface area contributed by atoms with Gasteiger partial charge in [-0.25, -0.2) is 0 Å². The molecule has 17 heavy (non-hydrogen) atoms. The van der Waals surface area contributed by atoms with Gasteiger partial charge in [-0.1, -0.05) is 0 Å². The van der Waals surface area contributed by atoms with Gasteiger partial charge < -0.3 is 0 Å². The molecule has 10 aliphatic rings. The Labute approximate surface area is 88.1 Å². The summed E-state index contributed by atoms with van der Waals surface area (Å²) in [6.45, 7) is -1.30. The molecular weight excluding hydrogens is 258 g/mol. The van der Waals surface area contributed by atoms with Crippen molar-refractivity contribution in [3.8, 4) is 0 Å². The van der Waals surface area contributed by atoms with Crippen LogP contribution in [0.15, 0.2) is 11.8 Å². The van der Waals surface area contributed by atoms with Crippen LogP contribution in [0.4, 0.5) is 0 Å². The van der Waals surface area contributed by atoms with E-state index in [2.05, 4.69) is 0 Å². The van der Waals surface area contributed by atoms with Gasteiger partial charge in [0.15, 0.2) is 0 Å². The van der Waals surface area contributed by atoms with Crippen LogP contribution >= 0.6 is 0 Å². The molecule has 10 heterocycles. The van der Waals surface area contributed by atoms with Crippen LogP contribution < -0.4 is 0 Å². The van der Waals surface area contributed by atoms with Crippen molar-refractivity contribution in [1.82, 2.24) is 0 Å². The normalized spacial score (nSPS) is 120. The molecule has 10 aliphatic heterocycles. The summed E-state index contributed by atoms with van der Waals surface area (Å²) in [4.78, 5) is 22.0. The minimum absolute atomic E-state index is 0.0429. The van der Waals surface area contributed by atoms with Gasteiger partial charge in [-0.05, 0) is 0 Å². The van der Waals surface area contributed by atoms with E-state index in [-0.39, 0.29) is 4.92 Å². The Morgan fingerprint density at radius 2 is 1.59 bits per heavy atom. The quantitative estimate of drug-likeness (QED) is 0.434. The average molecular weight is 271 g/mol. The van der Waals surface area contributed by atoms with Crippen LogP contribution in [0, 0.1) is 10.1 Å². The molecule has 4 heteroatoms. The molecule has 0 aromatic carbocycles. The number of rotatable bonds is 2. The van der Waals surface area contributed by atoms with Crippen molar-refractivity contribution in [3.63, 3.8) is 0 Å². The van der Waals surface area contributed by atoms with E-state index in [1.807, 2.05) is 13.0 Å². The van der Waals surface area contributed by atoms with E-state index in [0.717, 1.165) is 15.3 Å². The van der Waals surface area contributed by atoms with Gasteiger partial charge in [0.1, 0.15) is 0 Å². The Morgan fingerprint density at radius 1 is 1.12 bits per heavy atom. The zero-order valence-electron chi connectivity index (χ0n) is 9.39. The summed E-state index contributed by atoms with van der Waals surface area (Å²) in [5, 5.41) is 11.5. The van der Waals surface area contributed by atoms with Gasteiger partial charge in [-0.15, -0.1) is 0 Å². The number of nitrogens with zero attached hydrogens (tertiary/aromatic N) is 1. The average Bonchev–Trinajstić information content (AvgIpc) is 3.24. The topological polar surface area (TPSA) is 43.1 Å². The van der Waals surface area contributed by atoms with Crippen LogP contribution in [-0.2, 0) is 6.51 Å². The molecule has 0 aromatic heterocycles. The van der Waals surface area contributed by atoms with Gasteiger partial charge in [-0.2, -0.15) is 0 Å². The molecule has 0 N–H and O–H groups in total. The molecule has 3 nitrogen and oxygen atoms in total. The van der Waals surface area contributed by atoms with E-state index in [9.17, 15) is 10.1 Å². The Bertz CT molecular complexity index is 974. The summed E-state index contributed by atoms with van der Waals surface area (Å²) in [5.74, 6) is 0. The molecule has 4 unspecified atom stereocenters. The van der Waals surface area contributed by atoms with Gasteiger partial charge in [-0.3, -0.25) is 0 Å². The van der Waals surface area contributed by atoms with E-state index in [1.54, 1.807) is 0 Å².